The molecule has 43 heavy (non-hydrogen) atoms. The van der Waals surface area contributed by atoms with Crippen LogP contribution in [0.5, 0.6) is 11.5 Å². The minimum absolute atomic E-state index is 0.0239. The van der Waals surface area contributed by atoms with E-state index >= 15 is 0 Å². The highest BCUT2D eigenvalue weighted by Gasteiger charge is 2.27. The molecule has 2 bridgehead atoms. The maximum Gasteiger partial charge on any atom is 0.405 e. The highest BCUT2D eigenvalue weighted by atomic mass is 16.6. The summed E-state index contributed by atoms with van der Waals surface area (Å²) in [6, 6.07) is 1.35. The number of phenols is 2. The lowest BCUT2D eigenvalue weighted by Gasteiger charge is -2.31. The highest BCUT2D eigenvalue weighted by molar-refractivity contribution is 6.04. The first-order valence-corrected chi connectivity index (χ1v) is 15.0. The second-order valence-corrected chi connectivity index (χ2v) is 11.7. The first kappa shape index (κ1) is 34.0. The number of carbonyl (C=O) groups excluding carboxylic acids is 2. The summed E-state index contributed by atoms with van der Waals surface area (Å²) in [7, 11) is 1.47. The summed E-state index contributed by atoms with van der Waals surface area (Å²) >= 11 is 0. The summed E-state index contributed by atoms with van der Waals surface area (Å²) in [6.07, 6.45) is 6.16. The van der Waals surface area contributed by atoms with Crippen LogP contribution in [0.15, 0.2) is 41.5 Å². The number of methoxy groups -OCH3 is 1. The van der Waals surface area contributed by atoms with Crippen molar-refractivity contribution in [2.45, 2.75) is 71.7 Å². The molecular weight excluding hydrogens is 552 g/mol. The fraction of sp³-hybridized carbons (Fsp3) is 0.562. The van der Waals surface area contributed by atoms with E-state index < -0.39 is 30.3 Å². The molecule has 0 aliphatic carbocycles. The van der Waals surface area contributed by atoms with Crippen LogP contribution in [0.1, 0.15) is 52.5 Å². The van der Waals surface area contributed by atoms with E-state index in [0.29, 0.717) is 48.2 Å². The lowest BCUT2D eigenvalue weighted by molar-refractivity contribution is -0.112. The number of aliphatic hydroxyl groups excluding tert-OH is 1. The number of fused-ring (bicyclic) bond motifs is 2. The van der Waals surface area contributed by atoms with Crippen LogP contribution in [0.2, 0.25) is 0 Å². The molecular formula is C32H48N4O7. The monoisotopic (exact) mass is 600 g/mol. The number of allylic oxidation sites excluding steroid dienone is 2. The number of hydrogen-bond donors (Lipinski definition) is 6. The number of phenolic OH excluding ortho intramolecular Hbond substituents is 2. The summed E-state index contributed by atoms with van der Waals surface area (Å²) in [5, 5.41) is 39.3. The molecule has 0 radical (unpaired) electrons. The third-order valence-electron chi connectivity index (χ3n) is 8.21. The summed E-state index contributed by atoms with van der Waals surface area (Å²) in [5.41, 5.74) is 7.40. The molecule has 0 aromatic heterocycles. The summed E-state index contributed by atoms with van der Waals surface area (Å²) < 4.78 is 10.9. The van der Waals surface area contributed by atoms with Gasteiger partial charge >= 0.3 is 6.09 Å². The fourth-order valence-electron chi connectivity index (χ4n) is 5.39. The second-order valence-electron chi connectivity index (χ2n) is 11.7. The van der Waals surface area contributed by atoms with Crippen molar-refractivity contribution in [1.82, 2.24) is 4.90 Å². The summed E-state index contributed by atoms with van der Waals surface area (Å²) in [5.74, 6) is -0.885. The number of likely N-dealkylation sites (tertiary alicyclic amines) is 1. The molecule has 11 heteroatoms. The number of primary amides is 1. The van der Waals surface area contributed by atoms with Crippen molar-refractivity contribution in [2.24, 2.45) is 17.6 Å². The van der Waals surface area contributed by atoms with Crippen LogP contribution in [0.25, 0.3) is 0 Å². The number of nitrogens with zero attached hydrogens (tertiary/aromatic N) is 1. The van der Waals surface area contributed by atoms with Gasteiger partial charge in [-0.3, -0.25) is 4.79 Å². The van der Waals surface area contributed by atoms with Gasteiger partial charge in [0, 0.05) is 43.3 Å². The number of nitrogens with one attached hydrogen (secondary N) is 2. The number of ether oxygens (including phenoxy) is 2. The van der Waals surface area contributed by atoms with E-state index in [1.807, 2.05) is 19.9 Å². The zero-order valence-corrected chi connectivity index (χ0v) is 25.9. The van der Waals surface area contributed by atoms with Gasteiger partial charge in [0.15, 0.2) is 6.10 Å². The summed E-state index contributed by atoms with van der Waals surface area (Å²) in [4.78, 5) is 27.1. The third-order valence-corrected chi connectivity index (χ3v) is 8.21. The number of hydrogen-bond acceptors (Lipinski definition) is 9. The van der Waals surface area contributed by atoms with Crippen molar-refractivity contribution in [2.75, 3.05) is 43.9 Å². The normalized spacial score (nSPS) is 29.3. The molecule has 2 aliphatic rings. The predicted molar refractivity (Wildman–Crippen MR) is 167 cm³/mol. The molecule has 0 spiro atoms. The lowest BCUT2D eigenvalue weighted by atomic mass is 9.89. The SMILES string of the molecule is CO[C@H]1/C=C\C=C(/C)C(=O)Nc2cc(O)c(NCCN3CCC3)c(c2O)C[C@@H](C)CC[C@H](O)[C@@H](C)/C=C(\C)[C@@H]1OC(N)=O. The van der Waals surface area contributed by atoms with Gasteiger partial charge in [-0.1, -0.05) is 38.2 Å². The van der Waals surface area contributed by atoms with Crippen molar-refractivity contribution in [3.8, 4) is 11.5 Å². The fourth-order valence-corrected chi connectivity index (χ4v) is 5.39. The average Bonchev–Trinajstić information content (AvgIpc) is 2.92. The minimum Gasteiger partial charge on any atom is -0.506 e. The Hall–Kier alpha value is -3.54. The van der Waals surface area contributed by atoms with Gasteiger partial charge in [0.1, 0.15) is 17.6 Å². The highest BCUT2D eigenvalue weighted by Crippen LogP contribution is 2.42. The summed E-state index contributed by atoms with van der Waals surface area (Å²) in [6.45, 7) is 10.8. The molecule has 0 unspecified atom stereocenters. The van der Waals surface area contributed by atoms with Gasteiger partial charge in [0.2, 0.25) is 0 Å². The molecule has 7 N–H and O–H groups in total. The van der Waals surface area contributed by atoms with Crippen molar-refractivity contribution in [3.63, 3.8) is 0 Å². The number of amides is 2. The van der Waals surface area contributed by atoms with Crippen LogP contribution in [0.4, 0.5) is 16.2 Å². The van der Waals surface area contributed by atoms with Gasteiger partial charge in [0.25, 0.3) is 5.91 Å². The smallest absolute Gasteiger partial charge is 0.405 e. The Kier molecular flexibility index (Phi) is 12.5. The van der Waals surface area contributed by atoms with E-state index in [2.05, 4.69) is 15.5 Å². The topological polar surface area (TPSA) is 167 Å². The van der Waals surface area contributed by atoms with Crippen LogP contribution >= 0.6 is 0 Å². The Balaban J connectivity index is 1.98. The van der Waals surface area contributed by atoms with E-state index in [1.54, 1.807) is 32.1 Å². The number of rotatable bonds is 6. The van der Waals surface area contributed by atoms with E-state index in [4.69, 9.17) is 15.2 Å². The molecule has 2 heterocycles. The maximum absolute atomic E-state index is 13.1. The van der Waals surface area contributed by atoms with E-state index in [1.165, 1.54) is 19.6 Å². The quantitative estimate of drug-likeness (QED) is 0.160. The standard InChI is InChI=1S/C32H48N4O7/c1-19-10-11-25(37)21(3)17-22(4)30(43-32(33)41)27(42-5)9-6-8-20(2)31(40)35-24-18-26(38)28(23(16-19)29(24)39)34-12-15-36-13-7-14-36/h6,8-9,17-19,21,25,27,30,34,37-39H,7,10-16H2,1-5H3,(H2,33,41)(H,35,40)/b9-6-,20-8+,22-17+/t19-,21-,25-,27-,30-/m0/s1. The van der Waals surface area contributed by atoms with Gasteiger partial charge < -0.3 is 46.1 Å². The Morgan fingerprint density at radius 2 is 1.93 bits per heavy atom. The average molecular weight is 601 g/mol. The number of nitrogens with two attached hydrogens (primary N) is 1. The predicted octanol–water partition coefficient (Wildman–Crippen LogP) is 4.05. The lowest BCUT2D eigenvalue weighted by Crippen LogP contribution is -2.40. The number of anilines is 2. The Morgan fingerprint density at radius 1 is 1.21 bits per heavy atom. The maximum atomic E-state index is 13.1. The molecule has 1 fully saturated rings. The number of aromatic hydroxyl groups is 2. The number of benzene rings is 1. The molecule has 5 atom stereocenters. The number of aliphatic hydroxyl groups is 1. The van der Waals surface area contributed by atoms with Crippen LogP contribution in [-0.2, 0) is 20.7 Å². The van der Waals surface area contributed by atoms with Gasteiger partial charge in [-0.25, -0.2) is 4.79 Å². The molecule has 238 valence electrons. The number of carbonyl (C=O) groups is 2. The van der Waals surface area contributed by atoms with Crippen molar-refractivity contribution in [3.05, 3.63) is 47.1 Å². The Labute approximate surface area is 254 Å². The second kappa shape index (κ2) is 15.8. The zero-order chi connectivity index (χ0) is 31.7. The zero-order valence-electron chi connectivity index (χ0n) is 25.9. The molecule has 3 rings (SSSR count). The third kappa shape index (κ3) is 9.47. The van der Waals surface area contributed by atoms with Crippen LogP contribution in [0.3, 0.4) is 0 Å². The Morgan fingerprint density at radius 3 is 2.56 bits per heavy atom. The molecule has 1 saturated heterocycles. The van der Waals surface area contributed by atoms with Crippen molar-refractivity contribution >= 4 is 23.4 Å². The van der Waals surface area contributed by atoms with Gasteiger partial charge in [-0.15, -0.1) is 0 Å². The van der Waals surface area contributed by atoms with Gasteiger partial charge in [0.05, 0.1) is 17.5 Å². The largest absolute Gasteiger partial charge is 0.506 e. The van der Waals surface area contributed by atoms with Crippen LogP contribution in [0, 0.1) is 11.8 Å². The van der Waals surface area contributed by atoms with Gasteiger partial charge in [-0.2, -0.15) is 0 Å². The van der Waals surface area contributed by atoms with Crippen LogP contribution in [-0.4, -0.2) is 83.8 Å². The molecule has 2 aliphatic heterocycles. The Bertz CT molecular complexity index is 1220. The molecule has 1 aromatic carbocycles. The molecule has 1 aromatic rings. The van der Waals surface area contributed by atoms with E-state index in [9.17, 15) is 24.9 Å². The van der Waals surface area contributed by atoms with Crippen molar-refractivity contribution in [1.29, 1.82) is 0 Å². The van der Waals surface area contributed by atoms with Crippen molar-refractivity contribution < 1.29 is 34.4 Å². The van der Waals surface area contributed by atoms with E-state index in [0.717, 1.165) is 19.6 Å². The first-order chi connectivity index (χ1) is 20.4. The van der Waals surface area contributed by atoms with Gasteiger partial charge in [-0.05, 0) is 64.1 Å². The van der Waals surface area contributed by atoms with E-state index in [-0.39, 0.29) is 29.0 Å². The first-order valence-electron chi connectivity index (χ1n) is 15.0. The minimum atomic E-state index is -0.959. The van der Waals surface area contributed by atoms with Crippen LogP contribution < -0.4 is 16.4 Å². The molecule has 11 nitrogen and oxygen atoms in total. The molecule has 0 saturated carbocycles. The molecule has 2 amide bonds.